The minimum absolute atomic E-state index is 0.0154. The third-order valence-electron chi connectivity index (χ3n) is 2.35. The van der Waals surface area contributed by atoms with E-state index < -0.39 is 18.0 Å². The zero-order valence-electron chi connectivity index (χ0n) is 9.79. The summed E-state index contributed by atoms with van der Waals surface area (Å²) in [5.41, 5.74) is -0.115. The number of nitrogens with zero attached hydrogens (tertiary/aromatic N) is 1. The lowest BCUT2D eigenvalue weighted by atomic mass is 10.2. The number of aromatic nitrogens is 1. The highest BCUT2D eigenvalue weighted by Gasteiger charge is 2.13. The standard InChI is InChI=1S/C11H14N2O5/c1-13-5-3-7(6-9(13)15)10(16)12-4-2-8(14)11(17)18/h3,5-6,8,14H,2,4H2,1H3,(H,12,16)(H,17,18). The molecule has 98 valence electrons. The van der Waals surface area contributed by atoms with Crippen molar-refractivity contribution in [3.63, 3.8) is 0 Å². The first-order chi connectivity index (χ1) is 8.41. The fraction of sp³-hybridized carbons (Fsp3) is 0.364. The molecule has 0 aliphatic rings. The summed E-state index contributed by atoms with van der Waals surface area (Å²) in [6, 6.07) is 2.66. The quantitative estimate of drug-likeness (QED) is 0.621. The molecular formula is C11H14N2O5. The topological polar surface area (TPSA) is 109 Å². The Kier molecular flexibility index (Phi) is 4.61. The molecule has 0 radical (unpaired) electrons. The molecular weight excluding hydrogens is 240 g/mol. The van der Waals surface area contributed by atoms with Gasteiger partial charge in [-0.2, -0.15) is 0 Å². The number of nitrogens with one attached hydrogen (secondary N) is 1. The second-order valence-corrected chi connectivity index (χ2v) is 3.76. The predicted octanol–water partition coefficient (Wildman–Crippen LogP) is -1.05. The van der Waals surface area contributed by atoms with Crippen molar-refractivity contribution in [3.8, 4) is 0 Å². The van der Waals surface area contributed by atoms with Crippen molar-refractivity contribution in [2.45, 2.75) is 12.5 Å². The minimum atomic E-state index is -1.51. The summed E-state index contributed by atoms with van der Waals surface area (Å²) in [7, 11) is 1.56. The van der Waals surface area contributed by atoms with Gasteiger partial charge in [0.25, 0.3) is 11.5 Å². The number of hydrogen-bond donors (Lipinski definition) is 3. The Morgan fingerprint density at radius 1 is 1.50 bits per heavy atom. The third-order valence-corrected chi connectivity index (χ3v) is 2.35. The molecule has 3 N–H and O–H groups in total. The number of aliphatic hydroxyl groups excluding tert-OH is 1. The van der Waals surface area contributed by atoms with Crippen LogP contribution in [0.3, 0.4) is 0 Å². The van der Waals surface area contributed by atoms with Crippen molar-refractivity contribution < 1.29 is 19.8 Å². The first-order valence-electron chi connectivity index (χ1n) is 5.27. The van der Waals surface area contributed by atoms with Crippen molar-refractivity contribution in [2.24, 2.45) is 7.05 Å². The second kappa shape index (κ2) is 5.97. The molecule has 1 aromatic heterocycles. The maximum atomic E-state index is 11.6. The summed E-state index contributed by atoms with van der Waals surface area (Å²) in [6.07, 6.45) is -0.135. The van der Waals surface area contributed by atoms with Gasteiger partial charge in [-0.3, -0.25) is 9.59 Å². The SMILES string of the molecule is Cn1ccc(C(=O)NCCC(O)C(=O)O)cc1=O. The lowest BCUT2D eigenvalue weighted by Crippen LogP contribution is -2.31. The molecule has 7 nitrogen and oxygen atoms in total. The van der Waals surface area contributed by atoms with Gasteiger partial charge in [-0.05, 0) is 6.07 Å². The normalized spacial score (nSPS) is 11.9. The van der Waals surface area contributed by atoms with Crippen molar-refractivity contribution in [3.05, 3.63) is 34.2 Å². The molecule has 1 heterocycles. The monoisotopic (exact) mass is 254 g/mol. The average molecular weight is 254 g/mol. The van der Waals surface area contributed by atoms with Gasteiger partial charge in [-0.25, -0.2) is 4.79 Å². The summed E-state index contributed by atoms with van der Waals surface area (Å²) in [4.78, 5) is 33.2. The highest BCUT2D eigenvalue weighted by Crippen LogP contribution is 1.95. The van der Waals surface area contributed by atoms with Gasteiger partial charge in [0.1, 0.15) is 0 Å². The second-order valence-electron chi connectivity index (χ2n) is 3.76. The number of pyridine rings is 1. The lowest BCUT2D eigenvalue weighted by molar-refractivity contribution is -0.146. The molecule has 1 amide bonds. The van der Waals surface area contributed by atoms with Gasteiger partial charge in [0.2, 0.25) is 0 Å². The van der Waals surface area contributed by atoms with Crippen LogP contribution in [0.2, 0.25) is 0 Å². The van der Waals surface area contributed by atoms with E-state index in [0.29, 0.717) is 0 Å². The van der Waals surface area contributed by atoms with Gasteiger partial charge in [0, 0.05) is 37.8 Å². The molecule has 1 unspecified atom stereocenters. The van der Waals surface area contributed by atoms with Crippen LogP contribution in [0.25, 0.3) is 0 Å². The Hall–Kier alpha value is -2.15. The number of carbonyl (C=O) groups is 2. The summed E-state index contributed by atoms with van der Waals surface area (Å²) in [5, 5.41) is 19.8. The number of hydrogen-bond acceptors (Lipinski definition) is 4. The molecule has 1 atom stereocenters. The van der Waals surface area contributed by atoms with Crippen molar-refractivity contribution in [1.29, 1.82) is 0 Å². The highest BCUT2D eigenvalue weighted by molar-refractivity contribution is 5.93. The maximum Gasteiger partial charge on any atom is 0.332 e. The van der Waals surface area contributed by atoms with Crippen LogP contribution < -0.4 is 10.9 Å². The number of rotatable bonds is 5. The Labute approximate surface area is 103 Å². The Morgan fingerprint density at radius 2 is 2.17 bits per heavy atom. The van der Waals surface area contributed by atoms with Gasteiger partial charge in [0.15, 0.2) is 6.10 Å². The van der Waals surface area contributed by atoms with Crippen LogP contribution in [0, 0.1) is 0 Å². The van der Waals surface area contributed by atoms with E-state index in [1.54, 1.807) is 7.05 Å². The summed E-state index contributed by atoms with van der Waals surface area (Å²) < 4.78 is 1.32. The van der Waals surface area contributed by atoms with Crippen LogP contribution in [-0.4, -0.2) is 39.3 Å². The van der Waals surface area contributed by atoms with E-state index in [2.05, 4.69) is 5.32 Å². The van der Waals surface area contributed by atoms with Crippen LogP contribution in [0.4, 0.5) is 0 Å². The number of aliphatic hydroxyl groups is 1. The number of carbonyl (C=O) groups excluding carboxylic acids is 1. The maximum absolute atomic E-state index is 11.6. The molecule has 0 spiro atoms. The predicted molar refractivity (Wildman–Crippen MR) is 62.3 cm³/mol. The molecule has 0 aliphatic heterocycles. The molecule has 0 aliphatic carbocycles. The Bertz CT molecular complexity index is 508. The van der Waals surface area contributed by atoms with Crippen LogP contribution in [0.5, 0.6) is 0 Å². The fourth-order valence-electron chi connectivity index (χ4n) is 1.24. The number of carboxylic acid groups (broad SMARTS) is 1. The number of amides is 1. The zero-order valence-corrected chi connectivity index (χ0v) is 9.79. The average Bonchev–Trinajstić information content (AvgIpc) is 2.32. The van der Waals surface area contributed by atoms with Crippen molar-refractivity contribution in [1.82, 2.24) is 9.88 Å². The van der Waals surface area contributed by atoms with Gasteiger partial charge in [0.05, 0.1) is 0 Å². The van der Waals surface area contributed by atoms with Gasteiger partial charge in [-0.15, -0.1) is 0 Å². The largest absolute Gasteiger partial charge is 0.479 e. The Balaban J connectivity index is 2.53. The van der Waals surface area contributed by atoms with Gasteiger partial charge < -0.3 is 20.1 Å². The molecule has 18 heavy (non-hydrogen) atoms. The highest BCUT2D eigenvalue weighted by atomic mass is 16.4. The Morgan fingerprint density at radius 3 is 2.72 bits per heavy atom. The minimum Gasteiger partial charge on any atom is -0.479 e. The summed E-state index contributed by atoms with van der Waals surface area (Å²) >= 11 is 0. The molecule has 1 aromatic rings. The number of aliphatic carboxylic acids is 1. The number of aryl methyl sites for hydroxylation is 1. The van der Waals surface area contributed by atoms with E-state index in [1.165, 1.54) is 22.9 Å². The van der Waals surface area contributed by atoms with Crippen LogP contribution in [0.15, 0.2) is 23.1 Å². The molecule has 0 saturated carbocycles. The first kappa shape index (κ1) is 13.9. The van der Waals surface area contributed by atoms with E-state index in [1.807, 2.05) is 0 Å². The van der Waals surface area contributed by atoms with E-state index in [-0.39, 0.29) is 24.1 Å². The molecule has 0 saturated heterocycles. The molecule has 7 heteroatoms. The zero-order chi connectivity index (χ0) is 13.7. The summed E-state index contributed by atoms with van der Waals surface area (Å²) in [5.74, 6) is -1.82. The van der Waals surface area contributed by atoms with Crippen LogP contribution in [-0.2, 0) is 11.8 Å². The molecule has 0 fully saturated rings. The van der Waals surface area contributed by atoms with E-state index in [4.69, 9.17) is 10.2 Å². The molecule has 0 aromatic carbocycles. The van der Waals surface area contributed by atoms with Crippen molar-refractivity contribution in [2.75, 3.05) is 6.54 Å². The van der Waals surface area contributed by atoms with Gasteiger partial charge >= 0.3 is 5.97 Å². The van der Waals surface area contributed by atoms with E-state index in [0.717, 1.165) is 0 Å². The molecule has 0 bridgehead atoms. The smallest absolute Gasteiger partial charge is 0.332 e. The van der Waals surface area contributed by atoms with Crippen LogP contribution in [0.1, 0.15) is 16.8 Å². The van der Waals surface area contributed by atoms with Crippen molar-refractivity contribution >= 4 is 11.9 Å². The van der Waals surface area contributed by atoms with Crippen LogP contribution >= 0.6 is 0 Å². The first-order valence-corrected chi connectivity index (χ1v) is 5.27. The number of carboxylic acids is 1. The lowest BCUT2D eigenvalue weighted by Gasteiger charge is -2.07. The van der Waals surface area contributed by atoms with Gasteiger partial charge in [-0.1, -0.05) is 0 Å². The third kappa shape index (κ3) is 3.70. The molecule has 1 rings (SSSR count). The summed E-state index contributed by atoms with van der Waals surface area (Å²) in [6.45, 7) is 0.0154. The van der Waals surface area contributed by atoms with E-state index >= 15 is 0 Å². The fourth-order valence-corrected chi connectivity index (χ4v) is 1.24. The van der Waals surface area contributed by atoms with E-state index in [9.17, 15) is 14.4 Å².